The number of fused-ring (bicyclic) bond motifs is 6. The summed E-state index contributed by atoms with van der Waals surface area (Å²) in [6.45, 7) is 4.26. The van der Waals surface area contributed by atoms with Crippen molar-refractivity contribution in [1.82, 2.24) is 4.57 Å². The van der Waals surface area contributed by atoms with E-state index in [1.807, 2.05) is 0 Å². The van der Waals surface area contributed by atoms with E-state index in [9.17, 15) is 0 Å². The minimum atomic E-state index is -0.542. The highest BCUT2D eigenvalue weighted by Gasteiger charge is 2.46. The molecule has 2 nitrogen and oxygen atoms in total. The van der Waals surface area contributed by atoms with Crippen molar-refractivity contribution in [2.24, 2.45) is 0 Å². The second-order valence-corrected chi connectivity index (χ2v) is 20.9. The summed E-state index contributed by atoms with van der Waals surface area (Å²) < 4.78 is 2.41. The van der Waals surface area contributed by atoms with Crippen LogP contribution in [-0.2, 0) is 5.41 Å². The summed E-state index contributed by atoms with van der Waals surface area (Å²) in [4.78, 5) is 2.41. The summed E-state index contributed by atoms with van der Waals surface area (Å²) in [6.07, 6.45) is 5.10. The molecule has 13 rings (SSSR count). The Morgan fingerprint density at radius 1 is 0.341 bits per heavy atom. The van der Waals surface area contributed by atoms with E-state index in [4.69, 9.17) is 6.42 Å². The van der Waals surface area contributed by atoms with Crippen LogP contribution in [0.2, 0.25) is 0 Å². The van der Waals surface area contributed by atoms with Gasteiger partial charge < -0.3 is 9.47 Å². The second kappa shape index (κ2) is 23.2. The molecule has 0 N–H and O–H groups in total. The lowest BCUT2D eigenvalue weighted by Crippen LogP contribution is -2.28. The van der Waals surface area contributed by atoms with Crippen LogP contribution < -0.4 is 4.90 Å². The molecule has 0 radical (unpaired) electrons. The van der Waals surface area contributed by atoms with E-state index in [2.05, 4.69) is 361 Å². The van der Waals surface area contributed by atoms with Crippen LogP contribution in [0.1, 0.15) is 38.9 Å². The molecule has 12 aromatic rings. The van der Waals surface area contributed by atoms with Crippen molar-refractivity contribution < 1.29 is 0 Å². The van der Waals surface area contributed by atoms with Gasteiger partial charge in [0.15, 0.2) is 0 Å². The summed E-state index contributed by atoms with van der Waals surface area (Å²) in [5.74, 6) is 34.6. The molecule has 0 unspecified atom stereocenters. The lowest BCUT2D eigenvalue weighted by atomic mass is 9.67. The molecule has 0 saturated carbocycles. The first-order valence-corrected chi connectivity index (χ1v) is 28.1. The van der Waals surface area contributed by atoms with Gasteiger partial charge in [0.05, 0.1) is 16.4 Å². The van der Waals surface area contributed by atoms with Gasteiger partial charge in [0.1, 0.15) is 0 Å². The third-order valence-corrected chi connectivity index (χ3v) is 15.7. The number of anilines is 3. The maximum absolute atomic E-state index is 5.10. The summed E-state index contributed by atoms with van der Waals surface area (Å²) in [6, 6.07) is 95.5. The van der Waals surface area contributed by atoms with Gasteiger partial charge in [0.25, 0.3) is 0 Å². The maximum Gasteiger partial charge on any atom is 0.0714 e. The third-order valence-electron chi connectivity index (χ3n) is 15.7. The molecule has 0 atom stereocenters. The predicted molar refractivity (Wildman–Crippen MR) is 353 cm³/mol. The number of terminal acetylenes is 1. The molecule has 85 heavy (non-hydrogen) atoms. The quantitative estimate of drug-likeness (QED) is 0.131. The Labute approximate surface area is 498 Å². The van der Waals surface area contributed by atoms with Gasteiger partial charge in [-0.05, 0) is 236 Å². The lowest BCUT2D eigenvalue weighted by molar-refractivity contribution is 0.768. The normalized spacial score (nSPS) is 11.2. The molecule has 392 valence electrons. The predicted octanol–water partition coefficient (Wildman–Crippen LogP) is 18.2. The van der Waals surface area contributed by atoms with E-state index in [1.54, 1.807) is 0 Å². The molecule has 0 aliphatic heterocycles. The van der Waals surface area contributed by atoms with E-state index < -0.39 is 5.41 Å². The average Bonchev–Trinajstić information content (AvgIpc) is 1.67. The molecule has 1 aliphatic rings. The molecule has 0 bridgehead atoms. The number of benzene rings is 11. The smallest absolute Gasteiger partial charge is 0.0714 e. The summed E-state index contributed by atoms with van der Waals surface area (Å²) in [5, 5.41) is 2.39. The van der Waals surface area contributed by atoms with E-state index in [-0.39, 0.29) is 0 Å². The number of nitrogens with zero attached hydrogens (tertiary/aromatic N) is 2. The monoisotopic (exact) mass is 1070 g/mol. The van der Waals surface area contributed by atoms with Crippen LogP contribution in [0.25, 0.3) is 72.0 Å². The number of para-hydroxylation sites is 1. The first-order valence-electron chi connectivity index (χ1n) is 28.1. The van der Waals surface area contributed by atoms with Crippen molar-refractivity contribution in [3.8, 4) is 134 Å². The highest BCUT2D eigenvalue weighted by Crippen LogP contribution is 2.57. The zero-order valence-corrected chi connectivity index (χ0v) is 46.8. The van der Waals surface area contributed by atoms with Gasteiger partial charge in [-0.25, -0.2) is 0 Å². The van der Waals surface area contributed by atoms with Crippen LogP contribution in [0.5, 0.6) is 0 Å². The van der Waals surface area contributed by atoms with Gasteiger partial charge in [-0.3, -0.25) is 0 Å². The van der Waals surface area contributed by atoms with Crippen LogP contribution >= 0.6 is 0 Å². The Balaban J connectivity index is 0.879. The number of hydrogen-bond acceptors (Lipinski definition) is 1. The standard InChI is InChI=1S/C83H50N2/c1-4-5-6-7-8-9-10-11-12-13-14-18-29-62-52-60(2)53-67(56-62)68-54-61(3)55-74(57-68)85-81-39-28-26-37-77(81)78-50-44-66(58-82(78)85)65-42-47-72(48-43-65)84(71-45-40-64(41-46-71)63-30-19-15-20-31-63)73-49-51-76-75-36-25-27-38-79(75)83(80(76)59-73,69-32-21-16-22-33-69)70-34-23-17-24-35-70/h1,15-17,19-28,30-59H,2-3H3. The SMILES string of the molecule is C#CC#CC#CC#CC#CC#CC#Cc1cc(C)cc(-c2cc(C)cc(-n3c4ccccc4c4ccc(-c5ccc(N(c6ccc(-c7ccccc7)cc6)c6ccc7c(c6)C(c6ccccc6)(c6ccccc6)c6ccccc6-7)cc5)cc43)c2)c1. The van der Waals surface area contributed by atoms with Gasteiger partial charge in [0, 0.05) is 39.1 Å². The Bertz CT molecular complexity index is 5000. The lowest BCUT2D eigenvalue weighted by Gasteiger charge is -2.35. The molecular weight excluding hydrogens is 1020 g/mol. The van der Waals surface area contributed by atoms with E-state index in [1.165, 1.54) is 55.3 Å². The second-order valence-electron chi connectivity index (χ2n) is 20.9. The molecule has 1 aliphatic carbocycles. The Morgan fingerprint density at radius 3 is 1.49 bits per heavy atom. The van der Waals surface area contributed by atoms with Crippen molar-refractivity contribution in [2.75, 3.05) is 4.90 Å². The fourth-order valence-corrected chi connectivity index (χ4v) is 12.2. The molecule has 0 saturated heterocycles. The fourth-order valence-electron chi connectivity index (χ4n) is 12.2. The summed E-state index contributed by atoms with van der Waals surface area (Å²) >= 11 is 0. The van der Waals surface area contributed by atoms with Crippen LogP contribution in [-0.4, -0.2) is 4.57 Å². The van der Waals surface area contributed by atoms with Gasteiger partial charge in [-0.2, -0.15) is 0 Å². The Kier molecular flexibility index (Phi) is 14.3. The molecule has 0 amide bonds. The van der Waals surface area contributed by atoms with Crippen molar-refractivity contribution >= 4 is 38.9 Å². The highest BCUT2D eigenvalue weighted by atomic mass is 15.1. The van der Waals surface area contributed by atoms with Crippen molar-refractivity contribution in [2.45, 2.75) is 19.3 Å². The van der Waals surface area contributed by atoms with E-state index >= 15 is 0 Å². The Hall–Kier alpha value is -12.1. The van der Waals surface area contributed by atoms with Gasteiger partial charge >= 0.3 is 0 Å². The number of hydrogen-bond donors (Lipinski definition) is 0. The van der Waals surface area contributed by atoms with Crippen LogP contribution in [0.15, 0.2) is 261 Å². The summed E-state index contributed by atoms with van der Waals surface area (Å²) in [5.41, 5.74) is 23.4. The molecule has 2 heteroatoms. The minimum Gasteiger partial charge on any atom is -0.310 e. The third kappa shape index (κ3) is 10.2. The maximum atomic E-state index is 5.10. The van der Waals surface area contributed by atoms with Crippen LogP contribution in [0.3, 0.4) is 0 Å². The molecular formula is C83H50N2. The topological polar surface area (TPSA) is 8.17 Å². The summed E-state index contributed by atoms with van der Waals surface area (Å²) in [7, 11) is 0. The van der Waals surface area contributed by atoms with Crippen molar-refractivity contribution in [3.05, 3.63) is 300 Å². The first-order chi connectivity index (χ1) is 41.9. The molecule has 11 aromatic carbocycles. The largest absolute Gasteiger partial charge is 0.310 e. The molecule has 0 fully saturated rings. The fraction of sp³-hybridized carbons (Fsp3) is 0.0361. The van der Waals surface area contributed by atoms with E-state index in [0.29, 0.717) is 0 Å². The van der Waals surface area contributed by atoms with Crippen LogP contribution in [0.4, 0.5) is 17.1 Å². The number of aromatic nitrogens is 1. The first kappa shape index (κ1) is 52.3. The van der Waals surface area contributed by atoms with E-state index in [0.717, 1.165) is 72.7 Å². The average molecular weight is 1080 g/mol. The molecule has 1 heterocycles. The molecule has 1 aromatic heterocycles. The zero-order valence-electron chi connectivity index (χ0n) is 46.8. The molecule has 0 spiro atoms. The van der Waals surface area contributed by atoms with Crippen molar-refractivity contribution in [1.29, 1.82) is 0 Å². The van der Waals surface area contributed by atoms with Crippen LogP contribution in [0, 0.1) is 97.2 Å². The number of rotatable bonds is 9. The van der Waals surface area contributed by atoms with Gasteiger partial charge in [0.2, 0.25) is 0 Å². The minimum absolute atomic E-state index is 0.542. The highest BCUT2D eigenvalue weighted by molar-refractivity contribution is 6.10. The number of aryl methyl sites for hydroxylation is 2. The Morgan fingerprint density at radius 2 is 0.835 bits per heavy atom. The zero-order chi connectivity index (χ0) is 57.5. The van der Waals surface area contributed by atoms with Crippen molar-refractivity contribution in [3.63, 3.8) is 0 Å². The van der Waals surface area contributed by atoms with Gasteiger partial charge in [-0.1, -0.05) is 194 Å². The van der Waals surface area contributed by atoms with Gasteiger partial charge in [-0.15, -0.1) is 6.42 Å².